The molecule has 350 valence electrons. The highest BCUT2D eigenvalue weighted by molar-refractivity contribution is 14.1. The van der Waals surface area contributed by atoms with Crippen LogP contribution in [0.1, 0.15) is 83.3 Å². The highest BCUT2D eigenvalue weighted by Gasteiger charge is 2.05. The molecule has 6 heteroatoms. The Labute approximate surface area is 442 Å². The lowest BCUT2D eigenvalue weighted by Gasteiger charge is -2.05. The molecule has 0 aromatic heterocycles. The molecule has 7 aromatic carbocycles. The molecule has 7 rings (SSSR count). The normalized spacial score (nSPS) is 10.6. The van der Waals surface area contributed by atoms with Crippen molar-refractivity contribution in [3.63, 3.8) is 0 Å². The van der Waals surface area contributed by atoms with Gasteiger partial charge in [0.2, 0.25) is 0 Å². The average Bonchev–Trinajstić information content (AvgIpc) is 3.35. The standard InChI is InChI=1S/C20H20O.C17H14.C15H13BrO.C6H4BrI.C5H8O/c1-16-4-6-17(7-5-16)8-9-18-10-12-19(13-11-18)14-15-20(2,3)21;1-3-15-8-10-17(11-9-15)13-12-16-6-4-14(2)5-7-16;1-17-15-10-6-13(7-11-15)3-2-12-4-8-14(16)9-5-12;7-5-1-3-6(8)4-2-5;1-4-5(2,3)6/h4-13,21H,1-3H3;1,4-13H,2H3;2-11H,1H3;1-4H;1,6H,2-3H3/b9-8+;13-12+;3-2+;;. The van der Waals surface area contributed by atoms with E-state index in [2.05, 4.69) is 201 Å². The molecule has 0 saturated carbocycles. The summed E-state index contributed by atoms with van der Waals surface area (Å²) < 4.78 is 8.62. The van der Waals surface area contributed by atoms with Crippen molar-refractivity contribution in [2.75, 3.05) is 7.11 Å². The van der Waals surface area contributed by atoms with Crippen LogP contribution < -0.4 is 4.74 Å². The van der Waals surface area contributed by atoms with Crippen molar-refractivity contribution in [2.24, 2.45) is 0 Å². The van der Waals surface area contributed by atoms with Gasteiger partial charge in [-0.05, 0) is 170 Å². The molecular weight excluding hydrogens is 1090 g/mol. The maximum atomic E-state index is 9.58. The number of halogens is 3. The third-order valence-electron chi connectivity index (χ3n) is 9.20. The Hall–Kier alpha value is -6.15. The van der Waals surface area contributed by atoms with Gasteiger partial charge in [-0.3, -0.25) is 0 Å². The molecule has 2 N–H and O–H groups in total. The van der Waals surface area contributed by atoms with Crippen molar-refractivity contribution in [3.8, 4) is 42.3 Å². The first-order chi connectivity index (χ1) is 32.8. The van der Waals surface area contributed by atoms with Crippen LogP contribution in [-0.4, -0.2) is 28.5 Å². The van der Waals surface area contributed by atoms with Gasteiger partial charge in [-0.15, -0.1) is 12.8 Å². The van der Waals surface area contributed by atoms with Gasteiger partial charge >= 0.3 is 0 Å². The summed E-state index contributed by atoms with van der Waals surface area (Å²) in [5, 5.41) is 18.2. The van der Waals surface area contributed by atoms with E-state index in [-0.39, 0.29) is 0 Å². The fraction of sp³-hybridized carbons (Fsp3) is 0.143. The molecule has 0 amide bonds. The quantitative estimate of drug-likeness (QED) is 0.0950. The summed E-state index contributed by atoms with van der Waals surface area (Å²) in [6.07, 6.45) is 22.7. The number of terminal acetylenes is 2. The fourth-order valence-electron chi connectivity index (χ4n) is 5.24. The molecule has 0 aliphatic rings. The summed E-state index contributed by atoms with van der Waals surface area (Å²) in [6, 6.07) is 57.2. The van der Waals surface area contributed by atoms with Crippen molar-refractivity contribution < 1.29 is 14.9 Å². The van der Waals surface area contributed by atoms with Gasteiger partial charge < -0.3 is 14.9 Å². The van der Waals surface area contributed by atoms with Crippen LogP contribution in [0.2, 0.25) is 0 Å². The average molecular weight is 1150 g/mol. The van der Waals surface area contributed by atoms with E-state index in [9.17, 15) is 5.11 Å². The first-order valence-corrected chi connectivity index (χ1v) is 24.6. The van der Waals surface area contributed by atoms with E-state index in [1.54, 1.807) is 34.8 Å². The van der Waals surface area contributed by atoms with Crippen molar-refractivity contribution >= 4 is 90.9 Å². The van der Waals surface area contributed by atoms with E-state index in [1.165, 1.54) is 31.4 Å². The maximum Gasteiger partial charge on any atom is 0.120 e. The third-order valence-corrected chi connectivity index (χ3v) is 11.0. The van der Waals surface area contributed by atoms with Gasteiger partial charge in [-0.2, -0.15) is 0 Å². The molecule has 7 aromatic rings. The molecule has 0 aliphatic heterocycles. The largest absolute Gasteiger partial charge is 0.497 e. The Balaban J connectivity index is 0.000000242. The minimum absolute atomic E-state index is 0.880. The summed E-state index contributed by atoms with van der Waals surface area (Å²) in [6.45, 7) is 10.7. The molecule has 3 nitrogen and oxygen atoms in total. The van der Waals surface area contributed by atoms with Crippen LogP contribution in [0.25, 0.3) is 36.5 Å². The van der Waals surface area contributed by atoms with Gasteiger partial charge in [0.05, 0.1) is 7.11 Å². The Kier molecular flexibility index (Phi) is 25.2. The van der Waals surface area contributed by atoms with E-state index < -0.39 is 11.2 Å². The molecule has 0 unspecified atom stereocenters. The summed E-state index contributed by atoms with van der Waals surface area (Å²) >= 11 is 9.04. The van der Waals surface area contributed by atoms with E-state index in [0.29, 0.717) is 0 Å². The second-order valence-electron chi connectivity index (χ2n) is 16.5. The second kappa shape index (κ2) is 30.4. The van der Waals surface area contributed by atoms with Crippen molar-refractivity contribution in [1.82, 2.24) is 0 Å². The summed E-state index contributed by atoms with van der Waals surface area (Å²) in [5.74, 6) is 11.4. The predicted molar refractivity (Wildman–Crippen MR) is 312 cm³/mol. The highest BCUT2D eigenvalue weighted by atomic mass is 127. The SMILES string of the molecule is Brc1ccc(I)cc1.C#CC(C)(C)O.C#Cc1ccc(/C=C/c2ccc(C)cc2)cc1.COc1ccc(/C=C/c2ccc(Br)cc2)cc1.Cc1ccc(/C=C/c2ccc(C#CC(C)(C)O)cc2)cc1. The van der Waals surface area contributed by atoms with Crippen LogP contribution in [0.5, 0.6) is 5.75 Å². The van der Waals surface area contributed by atoms with Gasteiger partial charge in [0.1, 0.15) is 17.0 Å². The molecule has 0 spiro atoms. The molecule has 69 heavy (non-hydrogen) atoms. The number of benzene rings is 7. The number of aliphatic hydroxyl groups is 2. The second-order valence-corrected chi connectivity index (χ2v) is 19.6. The first kappa shape index (κ1) is 57.2. The van der Waals surface area contributed by atoms with Crippen molar-refractivity contribution in [3.05, 3.63) is 238 Å². The fourth-order valence-corrected chi connectivity index (χ4v) is 6.13. The van der Waals surface area contributed by atoms with Gasteiger partial charge in [-0.25, -0.2) is 0 Å². The summed E-state index contributed by atoms with van der Waals surface area (Å²) in [5.41, 5.74) is 9.50. The smallest absolute Gasteiger partial charge is 0.120 e. The molecule has 0 heterocycles. The number of ether oxygens (including phenoxy) is 1. The number of aryl methyl sites for hydroxylation is 2. The predicted octanol–water partition coefficient (Wildman–Crippen LogP) is 16.5. The van der Waals surface area contributed by atoms with E-state index >= 15 is 0 Å². The molecule has 0 bridgehead atoms. The number of rotatable bonds is 7. The van der Waals surface area contributed by atoms with Crippen LogP contribution >= 0.6 is 54.5 Å². The third kappa shape index (κ3) is 26.3. The molecule has 0 atom stereocenters. The number of hydrogen-bond acceptors (Lipinski definition) is 3. The zero-order valence-electron chi connectivity index (χ0n) is 40.2. The number of hydrogen-bond donors (Lipinski definition) is 2. The molecular formula is C63H59Br2IO3. The highest BCUT2D eigenvalue weighted by Crippen LogP contribution is 2.17. The Morgan fingerprint density at radius 1 is 0.464 bits per heavy atom. The zero-order chi connectivity index (χ0) is 50.7. The van der Waals surface area contributed by atoms with Crippen molar-refractivity contribution in [2.45, 2.75) is 52.7 Å². The van der Waals surface area contributed by atoms with Crippen molar-refractivity contribution in [1.29, 1.82) is 0 Å². The minimum atomic E-state index is -0.954. The van der Waals surface area contributed by atoms with Crippen LogP contribution in [-0.2, 0) is 0 Å². The van der Waals surface area contributed by atoms with E-state index in [0.717, 1.165) is 42.5 Å². The molecule has 0 fully saturated rings. The van der Waals surface area contributed by atoms with Crippen LogP contribution in [0.4, 0.5) is 0 Å². The molecule has 0 saturated heterocycles. The molecule has 0 radical (unpaired) electrons. The van der Waals surface area contributed by atoms with Crippen LogP contribution in [0.3, 0.4) is 0 Å². The van der Waals surface area contributed by atoms with Gasteiger partial charge in [0, 0.05) is 23.6 Å². The van der Waals surface area contributed by atoms with Gasteiger partial charge in [0.25, 0.3) is 0 Å². The summed E-state index contributed by atoms with van der Waals surface area (Å²) in [7, 11) is 1.67. The van der Waals surface area contributed by atoms with E-state index in [1.807, 2.05) is 97.1 Å². The first-order valence-electron chi connectivity index (χ1n) is 21.9. The van der Waals surface area contributed by atoms with Crippen LogP contribution in [0.15, 0.2) is 179 Å². The zero-order valence-corrected chi connectivity index (χ0v) is 45.6. The Morgan fingerprint density at radius 3 is 1.04 bits per heavy atom. The lowest BCUT2D eigenvalue weighted by Crippen LogP contribution is -2.14. The maximum absolute atomic E-state index is 9.58. The minimum Gasteiger partial charge on any atom is -0.497 e. The monoisotopic (exact) mass is 1150 g/mol. The van der Waals surface area contributed by atoms with Crippen LogP contribution in [0, 0.1) is 53.9 Å². The summed E-state index contributed by atoms with van der Waals surface area (Å²) in [4.78, 5) is 0. The lowest BCUT2D eigenvalue weighted by molar-refractivity contribution is 0.143. The van der Waals surface area contributed by atoms with E-state index in [4.69, 9.17) is 22.7 Å². The van der Waals surface area contributed by atoms with Gasteiger partial charge in [0.15, 0.2) is 0 Å². The Morgan fingerprint density at radius 2 is 0.754 bits per heavy atom. The Bertz CT molecular complexity index is 2800. The molecule has 0 aliphatic carbocycles. The topological polar surface area (TPSA) is 49.7 Å². The van der Waals surface area contributed by atoms with Gasteiger partial charge in [-0.1, -0.05) is 200 Å². The number of methoxy groups -OCH3 is 1. The lowest BCUT2D eigenvalue weighted by atomic mass is 10.1.